The average molecular weight is 267 g/mol. The van der Waals surface area contributed by atoms with Crippen molar-refractivity contribution in [3.63, 3.8) is 0 Å². The molecule has 3 heteroatoms. The summed E-state index contributed by atoms with van der Waals surface area (Å²) in [5, 5.41) is 3.44. The Morgan fingerprint density at radius 1 is 1.70 bits per heavy atom. The maximum absolute atomic E-state index is 4.43. The fourth-order valence-corrected chi connectivity index (χ4v) is 2.33. The average Bonchev–Trinajstić information content (AvgIpc) is 2.37. The number of nitrogens with zero attached hydrogens (tertiary/aromatic N) is 1. The van der Waals surface area contributed by atoms with Crippen LogP contribution in [-0.4, -0.2) is 4.98 Å². The maximum atomic E-state index is 4.43. The predicted molar refractivity (Wildman–Crippen MR) is 53.8 cm³/mol. The third-order valence-electron chi connectivity index (χ3n) is 1.20. The summed E-state index contributed by atoms with van der Waals surface area (Å²) in [5.41, 5.74) is 1.23. The van der Waals surface area contributed by atoms with Gasteiger partial charge in [-0.2, -0.15) is 0 Å². The van der Waals surface area contributed by atoms with Crippen LogP contribution in [0.4, 0.5) is 0 Å². The van der Waals surface area contributed by atoms with Gasteiger partial charge in [-0.25, -0.2) is 4.98 Å². The van der Waals surface area contributed by atoms with Crippen molar-refractivity contribution in [1.29, 1.82) is 0 Å². The van der Waals surface area contributed by atoms with Crippen LogP contribution in [-0.2, 0) is 10.8 Å². The summed E-state index contributed by atoms with van der Waals surface area (Å²) in [6.07, 6.45) is 2.34. The number of hydrogen-bond acceptors (Lipinski definition) is 2. The molecule has 0 bridgehead atoms. The highest BCUT2D eigenvalue weighted by molar-refractivity contribution is 14.1. The quantitative estimate of drug-likeness (QED) is 0.606. The zero-order valence-corrected chi connectivity index (χ0v) is 8.91. The third kappa shape index (κ3) is 2.20. The smallest absolute Gasteiger partial charge is 0.0928 e. The molecule has 1 heterocycles. The van der Waals surface area contributed by atoms with Gasteiger partial charge in [0.2, 0.25) is 0 Å². The molecule has 0 saturated heterocycles. The fourth-order valence-electron chi connectivity index (χ4n) is 0.739. The molecule has 0 fully saturated rings. The zero-order chi connectivity index (χ0) is 7.40. The summed E-state index contributed by atoms with van der Waals surface area (Å²) in [6.45, 7) is 2.19. The number of thiazole rings is 1. The second-order valence-electron chi connectivity index (χ2n) is 2.12. The monoisotopic (exact) mass is 267 g/mol. The van der Waals surface area contributed by atoms with Gasteiger partial charge in [-0.15, -0.1) is 11.3 Å². The molecule has 0 amide bonds. The molecule has 0 unspecified atom stereocenters. The standard InChI is InChI=1S/C7H10INS/c1-2-3-7-9-6(4-8)5-10-7/h5H,2-4H2,1H3. The van der Waals surface area contributed by atoms with Crippen LogP contribution in [0, 0.1) is 0 Å². The van der Waals surface area contributed by atoms with Gasteiger partial charge in [-0.3, -0.25) is 0 Å². The van der Waals surface area contributed by atoms with E-state index in [4.69, 9.17) is 0 Å². The van der Waals surface area contributed by atoms with Gasteiger partial charge < -0.3 is 0 Å². The number of hydrogen-bond donors (Lipinski definition) is 0. The van der Waals surface area contributed by atoms with Crippen molar-refractivity contribution in [2.45, 2.75) is 24.2 Å². The van der Waals surface area contributed by atoms with Crippen molar-refractivity contribution in [3.8, 4) is 0 Å². The Kier molecular flexibility index (Phi) is 3.62. The molecule has 0 atom stereocenters. The zero-order valence-electron chi connectivity index (χ0n) is 5.93. The van der Waals surface area contributed by atoms with Crippen molar-refractivity contribution in [2.75, 3.05) is 0 Å². The van der Waals surface area contributed by atoms with E-state index in [1.807, 2.05) is 0 Å². The first kappa shape index (κ1) is 8.46. The van der Waals surface area contributed by atoms with Crippen molar-refractivity contribution in [3.05, 3.63) is 16.1 Å². The van der Waals surface area contributed by atoms with Crippen LogP contribution in [0.2, 0.25) is 0 Å². The van der Waals surface area contributed by atoms with E-state index in [0.29, 0.717) is 0 Å². The molecule has 1 aromatic rings. The molecule has 0 N–H and O–H groups in total. The first-order valence-corrected chi connectivity index (χ1v) is 5.76. The Hall–Kier alpha value is 0.360. The number of halogens is 1. The van der Waals surface area contributed by atoms with E-state index in [2.05, 4.69) is 39.9 Å². The van der Waals surface area contributed by atoms with E-state index in [0.717, 1.165) is 10.8 Å². The van der Waals surface area contributed by atoms with Gasteiger partial charge in [-0.1, -0.05) is 29.5 Å². The Morgan fingerprint density at radius 2 is 2.50 bits per heavy atom. The number of alkyl halides is 1. The molecule has 10 heavy (non-hydrogen) atoms. The summed E-state index contributed by atoms with van der Waals surface area (Å²) < 4.78 is 1.04. The van der Waals surface area contributed by atoms with E-state index < -0.39 is 0 Å². The van der Waals surface area contributed by atoms with Gasteiger partial charge in [0, 0.05) is 9.81 Å². The SMILES string of the molecule is CCCc1nc(CI)cs1. The minimum atomic E-state index is 1.04. The summed E-state index contributed by atoms with van der Waals surface area (Å²) in [5.74, 6) is 0. The lowest BCUT2D eigenvalue weighted by atomic mass is 10.3. The van der Waals surface area contributed by atoms with Gasteiger partial charge in [0.1, 0.15) is 0 Å². The summed E-state index contributed by atoms with van der Waals surface area (Å²) in [6, 6.07) is 0. The summed E-state index contributed by atoms with van der Waals surface area (Å²) in [4.78, 5) is 4.43. The molecule has 1 nitrogen and oxygen atoms in total. The molecule has 0 aromatic carbocycles. The van der Waals surface area contributed by atoms with Crippen LogP contribution in [0.1, 0.15) is 24.0 Å². The lowest BCUT2D eigenvalue weighted by Gasteiger charge is -1.86. The Bertz CT molecular complexity index is 197. The normalized spacial score (nSPS) is 10.2. The minimum Gasteiger partial charge on any atom is -0.245 e. The Labute approximate surface area is 79.0 Å². The third-order valence-corrected chi connectivity index (χ3v) is 2.94. The molecule has 0 radical (unpaired) electrons. The topological polar surface area (TPSA) is 12.9 Å². The molecule has 0 aliphatic rings. The van der Waals surface area contributed by atoms with Crippen LogP contribution in [0.25, 0.3) is 0 Å². The molecule has 0 aliphatic heterocycles. The second kappa shape index (κ2) is 4.28. The highest BCUT2D eigenvalue weighted by Crippen LogP contribution is 2.13. The van der Waals surface area contributed by atoms with Crippen molar-refractivity contribution in [1.82, 2.24) is 4.98 Å². The van der Waals surface area contributed by atoms with Gasteiger partial charge in [-0.05, 0) is 12.8 Å². The van der Waals surface area contributed by atoms with Gasteiger partial charge in [0.15, 0.2) is 0 Å². The molecular formula is C7H10INS. The van der Waals surface area contributed by atoms with Crippen LogP contribution in [0.15, 0.2) is 5.38 Å². The Morgan fingerprint density at radius 3 is 3.00 bits per heavy atom. The second-order valence-corrected chi connectivity index (χ2v) is 3.82. The lowest BCUT2D eigenvalue weighted by Crippen LogP contribution is -1.81. The molecule has 0 spiro atoms. The molecule has 0 aliphatic carbocycles. The highest BCUT2D eigenvalue weighted by atomic mass is 127. The van der Waals surface area contributed by atoms with Crippen molar-refractivity contribution >= 4 is 33.9 Å². The summed E-state index contributed by atoms with van der Waals surface area (Å²) >= 11 is 4.12. The fraction of sp³-hybridized carbons (Fsp3) is 0.571. The Balaban J connectivity index is 2.59. The van der Waals surface area contributed by atoms with E-state index in [-0.39, 0.29) is 0 Å². The van der Waals surface area contributed by atoms with Crippen molar-refractivity contribution in [2.24, 2.45) is 0 Å². The number of aromatic nitrogens is 1. The van der Waals surface area contributed by atoms with Crippen LogP contribution < -0.4 is 0 Å². The van der Waals surface area contributed by atoms with E-state index in [1.165, 1.54) is 17.1 Å². The van der Waals surface area contributed by atoms with Gasteiger partial charge in [0.05, 0.1) is 10.7 Å². The predicted octanol–water partition coefficient (Wildman–Crippen LogP) is 3.03. The molecule has 1 rings (SSSR count). The maximum Gasteiger partial charge on any atom is 0.0928 e. The van der Waals surface area contributed by atoms with Gasteiger partial charge in [0.25, 0.3) is 0 Å². The van der Waals surface area contributed by atoms with E-state index in [9.17, 15) is 0 Å². The van der Waals surface area contributed by atoms with Crippen LogP contribution >= 0.6 is 33.9 Å². The highest BCUT2D eigenvalue weighted by Gasteiger charge is 1.97. The first-order valence-electron chi connectivity index (χ1n) is 3.36. The van der Waals surface area contributed by atoms with Crippen molar-refractivity contribution < 1.29 is 0 Å². The first-order chi connectivity index (χ1) is 4.86. The largest absolute Gasteiger partial charge is 0.245 e. The minimum absolute atomic E-state index is 1.04. The van der Waals surface area contributed by atoms with Gasteiger partial charge >= 0.3 is 0 Å². The van der Waals surface area contributed by atoms with Crippen LogP contribution in [0.3, 0.4) is 0 Å². The van der Waals surface area contributed by atoms with Crippen LogP contribution in [0.5, 0.6) is 0 Å². The molecular weight excluding hydrogens is 257 g/mol. The summed E-state index contributed by atoms with van der Waals surface area (Å²) in [7, 11) is 0. The lowest BCUT2D eigenvalue weighted by molar-refractivity contribution is 0.903. The molecule has 0 saturated carbocycles. The van der Waals surface area contributed by atoms with E-state index >= 15 is 0 Å². The number of aryl methyl sites for hydroxylation is 1. The number of rotatable bonds is 3. The molecule has 1 aromatic heterocycles. The van der Waals surface area contributed by atoms with E-state index in [1.54, 1.807) is 11.3 Å². The molecule has 56 valence electrons.